The van der Waals surface area contributed by atoms with E-state index in [0.717, 1.165) is 6.54 Å². The van der Waals surface area contributed by atoms with E-state index in [1.165, 1.54) is 89.9 Å². The van der Waals surface area contributed by atoms with Gasteiger partial charge in [-0.15, -0.1) is 0 Å². The van der Waals surface area contributed by atoms with Crippen LogP contribution in [0.1, 0.15) is 96.8 Å². The van der Waals surface area contributed by atoms with Crippen molar-refractivity contribution < 1.29 is 0 Å². The van der Waals surface area contributed by atoms with Crippen molar-refractivity contribution in [2.75, 3.05) is 0 Å². The zero-order valence-electron chi connectivity index (χ0n) is 14.2. The highest BCUT2D eigenvalue weighted by Crippen LogP contribution is 2.13. The molecule has 0 aliphatic rings. The second-order valence-corrected chi connectivity index (χ2v) is 6.37. The van der Waals surface area contributed by atoms with Crippen LogP contribution in [0.2, 0.25) is 0 Å². The molecule has 0 fully saturated rings. The van der Waals surface area contributed by atoms with Crippen LogP contribution in [0.5, 0.6) is 0 Å². The molecular weight excluding hydrogens is 256 g/mol. The number of rotatable bonds is 15. The van der Waals surface area contributed by atoms with Gasteiger partial charge in [0.1, 0.15) is 0 Å². The van der Waals surface area contributed by atoms with Crippen molar-refractivity contribution in [2.24, 2.45) is 0 Å². The fourth-order valence-corrected chi connectivity index (χ4v) is 2.90. The summed E-state index contributed by atoms with van der Waals surface area (Å²) in [6.07, 6.45) is 23.8. The summed E-state index contributed by atoms with van der Waals surface area (Å²) in [5, 5.41) is 4.23. The van der Waals surface area contributed by atoms with Gasteiger partial charge in [-0.2, -0.15) is 5.10 Å². The number of hydrogen-bond donors (Lipinski definition) is 0. The van der Waals surface area contributed by atoms with E-state index >= 15 is 0 Å². The summed E-state index contributed by atoms with van der Waals surface area (Å²) in [7, 11) is 0. The molecule has 2 nitrogen and oxygen atoms in total. The van der Waals surface area contributed by atoms with Gasteiger partial charge in [0.05, 0.1) is 0 Å². The van der Waals surface area contributed by atoms with Crippen LogP contribution in [0.3, 0.4) is 0 Å². The molecule has 0 saturated carbocycles. The van der Waals surface area contributed by atoms with Crippen molar-refractivity contribution in [1.29, 1.82) is 0 Å². The lowest BCUT2D eigenvalue weighted by Gasteiger charge is -2.03. The molecule has 122 valence electrons. The van der Waals surface area contributed by atoms with Crippen LogP contribution >= 0.6 is 0 Å². The Morgan fingerprint density at radius 3 is 1.57 bits per heavy atom. The Balaban J connectivity index is 1.69. The predicted octanol–water partition coefficient (Wildman–Crippen LogP) is 6.36. The van der Waals surface area contributed by atoms with Crippen molar-refractivity contribution in [3.05, 3.63) is 18.5 Å². The first kappa shape index (κ1) is 18.3. The summed E-state index contributed by atoms with van der Waals surface area (Å²) in [5.41, 5.74) is 0. The molecule has 1 heterocycles. The molecule has 0 aromatic carbocycles. The lowest BCUT2D eigenvalue weighted by atomic mass is 10.0. The largest absolute Gasteiger partial charge is 0.273 e. The number of aryl methyl sites for hydroxylation is 1. The van der Waals surface area contributed by atoms with E-state index in [1.54, 1.807) is 0 Å². The number of aromatic nitrogens is 2. The van der Waals surface area contributed by atoms with E-state index < -0.39 is 0 Å². The molecule has 0 saturated heterocycles. The van der Waals surface area contributed by atoms with Crippen LogP contribution in [0.4, 0.5) is 0 Å². The third-order valence-corrected chi connectivity index (χ3v) is 4.30. The zero-order chi connectivity index (χ0) is 15.0. The molecule has 1 rings (SSSR count). The van der Waals surface area contributed by atoms with Crippen LogP contribution in [0, 0.1) is 0 Å². The molecule has 0 bridgehead atoms. The maximum atomic E-state index is 4.23. The Morgan fingerprint density at radius 1 is 0.667 bits per heavy atom. The molecule has 2 heteroatoms. The van der Waals surface area contributed by atoms with Crippen LogP contribution in [0.15, 0.2) is 18.5 Å². The van der Waals surface area contributed by atoms with Gasteiger partial charge in [0, 0.05) is 18.9 Å². The van der Waals surface area contributed by atoms with Gasteiger partial charge in [-0.3, -0.25) is 4.68 Å². The van der Waals surface area contributed by atoms with Crippen LogP contribution in [-0.4, -0.2) is 9.78 Å². The summed E-state index contributed by atoms with van der Waals surface area (Å²) < 4.78 is 2.04. The van der Waals surface area contributed by atoms with Gasteiger partial charge in [0.2, 0.25) is 0 Å². The van der Waals surface area contributed by atoms with Gasteiger partial charge < -0.3 is 0 Å². The first-order valence-corrected chi connectivity index (χ1v) is 9.41. The van der Waals surface area contributed by atoms with Crippen molar-refractivity contribution in [2.45, 2.75) is 103 Å². The van der Waals surface area contributed by atoms with E-state index in [9.17, 15) is 0 Å². The molecule has 0 unspecified atom stereocenters. The Hall–Kier alpha value is -0.790. The fraction of sp³-hybridized carbons (Fsp3) is 0.842. The Morgan fingerprint density at radius 2 is 1.14 bits per heavy atom. The van der Waals surface area contributed by atoms with Crippen LogP contribution in [0.25, 0.3) is 0 Å². The first-order chi connectivity index (χ1) is 10.4. The van der Waals surface area contributed by atoms with E-state index in [1.807, 2.05) is 16.9 Å². The smallest absolute Gasteiger partial charge is 0.0489 e. The molecule has 0 aliphatic carbocycles. The molecule has 0 spiro atoms. The van der Waals surface area contributed by atoms with E-state index in [2.05, 4.69) is 18.2 Å². The third-order valence-electron chi connectivity index (χ3n) is 4.30. The fourth-order valence-electron chi connectivity index (χ4n) is 2.90. The third kappa shape index (κ3) is 11.5. The van der Waals surface area contributed by atoms with Gasteiger partial charge in [-0.25, -0.2) is 0 Å². The molecule has 0 aliphatic heterocycles. The summed E-state index contributed by atoms with van der Waals surface area (Å²) in [4.78, 5) is 0. The highest BCUT2D eigenvalue weighted by atomic mass is 15.3. The minimum absolute atomic E-state index is 1.09. The number of unbranched alkanes of at least 4 members (excludes halogenated alkanes) is 13. The molecule has 0 N–H and O–H groups in total. The lowest BCUT2D eigenvalue weighted by molar-refractivity contribution is 0.511. The summed E-state index contributed by atoms with van der Waals surface area (Å²) in [6.45, 7) is 3.38. The van der Waals surface area contributed by atoms with Gasteiger partial charge in [0.25, 0.3) is 0 Å². The molecule has 21 heavy (non-hydrogen) atoms. The molecule has 1 aromatic rings. The van der Waals surface area contributed by atoms with Crippen LogP contribution < -0.4 is 0 Å². The second-order valence-electron chi connectivity index (χ2n) is 6.37. The average molecular weight is 293 g/mol. The van der Waals surface area contributed by atoms with Crippen molar-refractivity contribution in [3.63, 3.8) is 0 Å². The molecule has 0 atom stereocenters. The maximum absolute atomic E-state index is 4.23. The van der Waals surface area contributed by atoms with E-state index in [-0.39, 0.29) is 0 Å². The summed E-state index contributed by atoms with van der Waals surface area (Å²) in [6, 6.07) is 2.00. The Bertz CT molecular complexity index is 293. The lowest BCUT2D eigenvalue weighted by Crippen LogP contribution is -1.97. The van der Waals surface area contributed by atoms with Crippen LogP contribution in [-0.2, 0) is 6.54 Å². The average Bonchev–Trinajstić information content (AvgIpc) is 3.01. The van der Waals surface area contributed by atoms with Crippen molar-refractivity contribution in [3.8, 4) is 0 Å². The van der Waals surface area contributed by atoms with Crippen molar-refractivity contribution >= 4 is 0 Å². The zero-order valence-corrected chi connectivity index (χ0v) is 14.2. The van der Waals surface area contributed by atoms with Gasteiger partial charge in [-0.05, 0) is 12.5 Å². The Kier molecular flexibility index (Phi) is 12.3. The highest BCUT2D eigenvalue weighted by molar-refractivity contribution is 4.77. The monoisotopic (exact) mass is 292 g/mol. The van der Waals surface area contributed by atoms with Crippen molar-refractivity contribution in [1.82, 2.24) is 9.78 Å². The summed E-state index contributed by atoms with van der Waals surface area (Å²) >= 11 is 0. The minimum atomic E-state index is 1.09. The minimum Gasteiger partial charge on any atom is -0.273 e. The SMILES string of the molecule is CCCCCCCCCCCCCCCCn1cccn1. The standard InChI is InChI=1S/C19H36N2/c1-2-3-4-5-6-7-8-9-10-11-12-13-14-15-18-21-19-16-17-20-21/h16-17,19H,2-15,18H2,1H3. The first-order valence-electron chi connectivity index (χ1n) is 9.41. The Labute approximate surface area is 132 Å². The quantitative estimate of drug-likeness (QED) is 0.344. The number of hydrogen-bond acceptors (Lipinski definition) is 1. The summed E-state index contributed by atoms with van der Waals surface area (Å²) in [5.74, 6) is 0. The molecule has 1 aromatic heterocycles. The molecular formula is C19H36N2. The number of nitrogens with zero attached hydrogens (tertiary/aromatic N) is 2. The van der Waals surface area contributed by atoms with Gasteiger partial charge in [-0.1, -0.05) is 90.4 Å². The second kappa shape index (κ2) is 14.2. The molecule has 0 amide bonds. The van der Waals surface area contributed by atoms with E-state index in [0.29, 0.717) is 0 Å². The predicted molar refractivity (Wildman–Crippen MR) is 92.5 cm³/mol. The topological polar surface area (TPSA) is 17.8 Å². The van der Waals surface area contributed by atoms with E-state index in [4.69, 9.17) is 0 Å². The highest BCUT2D eigenvalue weighted by Gasteiger charge is 1.94. The normalized spacial score (nSPS) is 11.1. The van der Waals surface area contributed by atoms with Gasteiger partial charge >= 0.3 is 0 Å². The molecule has 0 radical (unpaired) electrons. The maximum Gasteiger partial charge on any atom is 0.0489 e. The van der Waals surface area contributed by atoms with Gasteiger partial charge in [0.15, 0.2) is 0 Å².